The Hall–Kier alpha value is -4.31. The van der Waals surface area contributed by atoms with Gasteiger partial charge in [0.1, 0.15) is 23.2 Å². The van der Waals surface area contributed by atoms with E-state index in [1.807, 2.05) is 37.2 Å². The summed E-state index contributed by atoms with van der Waals surface area (Å²) < 4.78 is 10.7. The number of nitrogens with zero attached hydrogens (tertiary/aromatic N) is 2. The summed E-state index contributed by atoms with van der Waals surface area (Å²) in [5.74, 6) is -0.00209. The highest BCUT2D eigenvalue weighted by molar-refractivity contribution is 6.09. The SMILES string of the molecule is CCOC(=O)c1ccc(-c2ccc(C=C(C#N)C(=O)Nc3ccc(N(C)C)cc3)o2)cc1. The largest absolute Gasteiger partial charge is 0.462 e. The highest BCUT2D eigenvalue weighted by atomic mass is 16.5. The smallest absolute Gasteiger partial charge is 0.338 e. The number of hydrogen-bond acceptors (Lipinski definition) is 6. The zero-order valence-electron chi connectivity index (χ0n) is 18.1. The number of nitriles is 1. The first-order chi connectivity index (χ1) is 15.4. The van der Waals surface area contributed by atoms with Crippen molar-refractivity contribution in [3.05, 3.63) is 77.6 Å². The summed E-state index contributed by atoms with van der Waals surface area (Å²) in [5.41, 5.74) is 2.70. The molecule has 3 aromatic rings. The van der Waals surface area contributed by atoms with Gasteiger partial charge < -0.3 is 19.4 Å². The van der Waals surface area contributed by atoms with Crippen LogP contribution in [-0.2, 0) is 9.53 Å². The highest BCUT2D eigenvalue weighted by Crippen LogP contribution is 2.24. The number of anilines is 2. The number of hydrogen-bond donors (Lipinski definition) is 1. The Labute approximate surface area is 186 Å². The second-order valence-corrected chi connectivity index (χ2v) is 7.07. The third-order valence-electron chi connectivity index (χ3n) is 4.60. The maximum atomic E-state index is 12.5. The van der Waals surface area contributed by atoms with Crippen LogP contribution in [0.3, 0.4) is 0 Å². The first kappa shape index (κ1) is 22.4. The molecule has 162 valence electrons. The highest BCUT2D eigenvalue weighted by Gasteiger charge is 2.12. The first-order valence-electron chi connectivity index (χ1n) is 9.99. The van der Waals surface area contributed by atoms with Gasteiger partial charge in [-0.1, -0.05) is 12.1 Å². The van der Waals surface area contributed by atoms with Gasteiger partial charge in [-0.05, 0) is 55.5 Å². The molecule has 0 atom stereocenters. The molecule has 0 radical (unpaired) electrons. The van der Waals surface area contributed by atoms with E-state index in [0.717, 1.165) is 11.3 Å². The van der Waals surface area contributed by atoms with Crippen molar-refractivity contribution in [1.29, 1.82) is 5.26 Å². The van der Waals surface area contributed by atoms with Crippen molar-refractivity contribution in [3.63, 3.8) is 0 Å². The Morgan fingerprint density at radius 3 is 2.34 bits per heavy atom. The fraction of sp³-hybridized carbons (Fsp3) is 0.160. The third-order valence-corrected chi connectivity index (χ3v) is 4.60. The summed E-state index contributed by atoms with van der Waals surface area (Å²) in [5, 5.41) is 12.1. The van der Waals surface area contributed by atoms with Crippen LogP contribution in [0.25, 0.3) is 17.4 Å². The molecule has 1 amide bonds. The molecule has 7 nitrogen and oxygen atoms in total. The minimum Gasteiger partial charge on any atom is -0.462 e. The number of benzene rings is 2. The molecule has 0 bridgehead atoms. The van der Waals surface area contributed by atoms with Gasteiger partial charge in [0.05, 0.1) is 12.2 Å². The Morgan fingerprint density at radius 2 is 1.75 bits per heavy atom. The summed E-state index contributed by atoms with van der Waals surface area (Å²) in [6, 6.07) is 19.4. The van der Waals surface area contributed by atoms with Crippen molar-refractivity contribution in [1.82, 2.24) is 0 Å². The molecule has 3 rings (SSSR count). The van der Waals surface area contributed by atoms with Crippen LogP contribution >= 0.6 is 0 Å². The summed E-state index contributed by atoms with van der Waals surface area (Å²) >= 11 is 0. The molecule has 0 spiro atoms. The van der Waals surface area contributed by atoms with Gasteiger partial charge in [0.15, 0.2) is 0 Å². The molecule has 0 aliphatic heterocycles. The van der Waals surface area contributed by atoms with Gasteiger partial charge in [-0.15, -0.1) is 0 Å². The monoisotopic (exact) mass is 429 g/mol. The zero-order chi connectivity index (χ0) is 23.1. The molecule has 1 N–H and O–H groups in total. The van der Waals surface area contributed by atoms with E-state index in [9.17, 15) is 14.9 Å². The van der Waals surface area contributed by atoms with E-state index in [0.29, 0.717) is 29.4 Å². The molecule has 0 fully saturated rings. The van der Waals surface area contributed by atoms with Crippen molar-refractivity contribution < 1.29 is 18.7 Å². The third kappa shape index (κ3) is 5.43. The number of rotatable bonds is 7. The topological polar surface area (TPSA) is 95.6 Å². The van der Waals surface area contributed by atoms with Crippen molar-refractivity contribution in [2.24, 2.45) is 0 Å². The fourth-order valence-electron chi connectivity index (χ4n) is 2.90. The summed E-state index contributed by atoms with van der Waals surface area (Å²) in [6.45, 7) is 2.06. The molecule has 0 unspecified atom stereocenters. The van der Waals surface area contributed by atoms with Crippen molar-refractivity contribution in [2.45, 2.75) is 6.92 Å². The fourth-order valence-corrected chi connectivity index (χ4v) is 2.90. The molecule has 0 saturated carbocycles. The van der Waals surface area contributed by atoms with Gasteiger partial charge in [-0.3, -0.25) is 4.79 Å². The second kappa shape index (κ2) is 10.1. The summed E-state index contributed by atoms with van der Waals surface area (Å²) in [6.07, 6.45) is 1.39. The molecule has 0 saturated heterocycles. The predicted octanol–water partition coefficient (Wildman–Crippen LogP) is 4.73. The van der Waals surface area contributed by atoms with Gasteiger partial charge in [-0.2, -0.15) is 5.26 Å². The van der Waals surface area contributed by atoms with E-state index in [1.165, 1.54) is 6.08 Å². The molecule has 2 aromatic carbocycles. The Bertz CT molecular complexity index is 1170. The van der Waals surface area contributed by atoms with Gasteiger partial charge >= 0.3 is 5.97 Å². The van der Waals surface area contributed by atoms with E-state index in [-0.39, 0.29) is 11.5 Å². The lowest BCUT2D eigenvalue weighted by Gasteiger charge is -2.12. The Kier molecular flexibility index (Phi) is 7.09. The molecule has 32 heavy (non-hydrogen) atoms. The molecular formula is C25H23N3O4. The Balaban J connectivity index is 1.72. The van der Waals surface area contributed by atoms with Gasteiger partial charge in [0.25, 0.3) is 5.91 Å². The predicted molar refractivity (Wildman–Crippen MR) is 123 cm³/mol. The van der Waals surface area contributed by atoms with Crippen LogP contribution in [0.4, 0.5) is 11.4 Å². The Morgan fingerprint density at radius 1 is 1.06 bits per heavy atom. The van der Waals surface area contributed by atoms with Crippen LogP contribution in [0, 0.1) is 11.3 Å². The number of carbonyl (C=O) groups excluding carboxylic acids is 2. The maximum absolute atomic E-state index is 12.5. The molecule has 0 aliphatic carbocycles. The van der Waals surface area contributed by atoms with E-state index >= 15 is 0 Å². The average molecular weight is 429 g/mol. The van der Waals surface area contributed by atoms with Crippen molar-refractivity contribution >= 4 is 29.3 Å². The lowest BCUT2D eigenvalue weighted by atomic mass is 10.1. The van der Waals surface area contributed by atoms with Crippen LogP contribution < -0.4 is 10.2 Å². The number of amides is 1. The van der Waals surface area contributed by atoms with Crippen LogP contribution in [0.1, 0.15) is 23.0 Å². The van der Waals surface area contributed by atoms with Gasteiger partial charge in [0, 0.05) is 37.1 Å². The number of esters is 1. The van der Waals surface area contributed by atoms with E-state index < -0.39 is 5.91 Å². The molecule has 1 heterocycles. The summed E-state index contributed by atoms with van der Waals surface area (Å²) in [4.78, 5) is 26.2. The van der Waals surface area contributed by atoms with Crippen LogP contribution in [0.2, 0.25) is 0 Å². The van der Waals surface area contributed by atoms with Crippen LogP contribution in [0.5, 0.6) is 0 Å². The maximum Gasteiger partial charge on any atom is 0.338 e. The zero-order valence-corrected chi connectivity index (χ0v) is 18.1. The number of carbonyl (C=O) groups is 2. The normalized spacial score (nSPS) is 10.9. The second-order valence-electron chi connectivity index (χ2n) is 7.07. The van der Waals surface area contributed by atoms with Gasteiger partial charge in [0.2, 0.25) is 0 Å². The van der Waals surface area contributed by atoms with Crippen molar-refractivity contribution in [3.8, 4) is 17.4 Å². The standard InChI is InChI=1S/C25H23N3O4/c1-4-31-25(30)18-7-5-17(6-8-18)23-14-13-22(32-23)15-19(16-26)24(29)27-20-9-11-21(12-10-20)28(2)3/h5-15H,4H2,1-3H3,(H,27,29). The minimum absolute atomic E-state index is 0.0831. The molecule has 0 aliphatic rings. The minimum atomic E-state index is -0.526. The average Bonchev–Trinajstić information content (AvgIpc) is 3.26. The number of furan rings is 1. The van der Waals surface area contributed by atoms with E-state index in [2.05, 4.69) is 5.32 Å². The number of ether oxygens (including phenoxy) is 1. The molecule has 7 heteroatoms. The van der Waals surface area contributed by atoms with Crippen LogP contribution in [0.15, 0.2) is 70.7 Å². The molecular weight excluding hydrogens is 406 g/mol. The lowest BCUT2D eigenvalue weighted by Crippen LogP contribution is -2.14. The number of nitrogens with one attached hydrogen (secondary N) is 1. The van der Waals surface area contributed by atoms with E-state index in [4.69, 9.17) is 9.15 Å². The lowest BCUT2D eigenvalue weighted by molar-refractivity contribution is -0.112. The van der Waals surface area contributed by atoms with Crippen LogP contribution in [-0.4, -0.2) is 32.6 Å². The summed E-state index contributed by atoms with van der Waals surface area (Å²) in [7, 11) is 3.85. The van der Waals surface area contributed by atoms with E-state index in [1.54, 1.807) is 55.5 Å². The quantitative estimate of drug-likeness (QED) is 0.331. The van der Waals surface area contributed by atoms with Crippen molar-refractivity contribution in [2.75, 3.05) is 30.9 Å². The first-order valence-corrected chi connectivity index (χ1v) is 9.99. The van der Waals surface area contributed by atoms with Gasteiger partial charge in [-0.25, -0.2) is 4.79 Å². The molecule has 1 aromatic heterocycles.